The Kier molecular flexibility index (Phi) is 12.4. The zero-order chi connectivity index (χ0) is 23.1. The summed E-state index contributed by atoms with van der Waals surface area (Å²) in [5.41, 5.74) is 0.993. The predicted octanol–water partition coefficient (Wildman–Crippen LogP) is 8.16. The maximum absolute atomic E-state index is 5.96. The molecule has 1 aromatic heterocycles. The molecule has 5 heteroatoms. The predicted molar refractivity (Wildman–Crippen MR) is 138 cm³/mol. The van der Waals surface area contributed by atoms with E-state index in [2.05, 4.69) is 36.9 Å². The molecule has 0 aliphatic rings. The molecule has 0 aliphatic carbocycles. The average molecular weight is 457 g/mol. The van der Waals surface area contributed by atoms with Gasteiger partial charge in [0.1, 0.15) is 5.75 Å². The first-order valence-corrected chi connectivity index (χ1v) is 16.1. The smallest absolute Gasteiger partial charge is 0.159 e. The highest BCUT2D eigenvalue weighted by molar-refractivity contribution is 6.77. The van der Waals surface area contributed by atoms with Crippen molar-refractivity contribution in [2.24, 2.45) is 0 Å². The molecule has 0 fully saturated rings. The number of benzene rings is 1. The molecule has 2 aromatic rings. The van der Waals surface area contributed by atoms with Gasteiger partial charge in [-0.2, -0.15) is 0 Å². The summed E-state index contributed by atoms with van der Waals surface area (Å²) in [6.07, 6.45) is 14.9. The van der Waals surface area contributed by atoms with Gasteiger partial charge >= 0.3 is 0 Å². The monoisotopic (exact) mass is 456 g/mol. The number of aromatic nitrogens is 2. The van der Waals surface area contributed by atoms with Crippen LogP contribution < -0.4 is 9.47 Å². The van der Waals surface area contributed by atoms with E-state index in [-0.39, 0.29) is 0 Å². The van der Waals surface area contributed by atoms with Crippen molar-refractivity contribution in [2.75, 3.05) is 13.2 Å². The van der Waals surface area contributed by atoms with Crippen LogP contribution >= 0.6 is 0 Å². The van der Waals surface area contributed by atoms with E-state index in [0.29, 0.717) is 5.82 Å². The maximum atomic E-state index is 5.96. The van der Waals surface area contributed by atoms with Crippen LogP contribution in [-0.4, -0.2) is 31.3 Å². The molecular weight excluding hydrogens is 412 g/mol. The van der Waals surface area contributed by atoms with Gasteiger partial charge in [-0.3, -0.25) is 0 Å². The molecule has 0 amide bonds. The molecule has 0 unspecified atom stereocenters. The summed E-state index contributed by atoms with van der Waals surface area (Å²) in [5.74, 6) is 2.38. The van der Waals surface area contributed by atoms with E-state index in [1.165, 1.54) is 57.0 Å². The molecule has 0 radical (unpaired) electrons. The molecule has 1 aromatic carbocycles. The molecule has 32 heavy (non-hydrogen) atoms. The van der Waals surface area contributed by atoms with Crippen LogP contribution in [0.15, 0.2) is 36.7 Å². The summed E-state index contributed by atoms with van der Waals surface area (Å²) in [5, 5.41) is 0. The lowest BCUT2D eigenvalue weighted by Gasteiger charge is -2.22. The normalized spacial score (nSPS) is 11.5. The van der Waals surface area contributed by atoms with Crippen LogP contribution in [0.2, 0.25) is 25.2 Å². The molecule has 0 bridgehead atoms. The lowest BCUT2D eigenvalue weighted by molar-refractivity contribution is 0.302. The molecular formula is C27H44N2O2Si. The van der Waals surface area contributed by atoms with Crippen molar-refractivity contribution in [1.82, 2.24) is 9.97 Å². The first-order valence-electron chi connectivity index (χ1n) is 12.7. The Morgan fingerprint density at radius 3 is 1.91 bits per heavy atom. The lowest BCUT2D eigenvalue weighted by Crippen LogP contribution is -2.25. The molecule has 178 valence electrons. The van der Waals surface area contributed by atoms with Crippen molar-refractivity contribution in [3.8, 4) is 22.9 Å². The van der Waals surface area contributed by atoms with E-state index < -0.39 is 8.07 Å². The Morgan fingerprint density at radius 2 is 1.22 bits per heavy atom. The second-order valence-electron chi connectivity index (χ2n) is 9.60. The van der Waals surface area contributed by atoms with Crippen molar-refractivity contribution >= 4 is 8.07 Å². The number of ether oxygens (including phenoxy) is 2. The van der Waals surface area contributed by atoms with Crippen LogP contribution in [0.1, 0.15) is 71.6 Å². The fraction of sp³-hybridized carbons (Fsp3) is 0.630. The Morgan fingerprint density at radius 1 is 0.656 bits per heavy atom. The molecule has 0 N–H and O–H groups in total. The standard InChI is InChI=1S/C27H44N2O2Si/c1-5-7-9-10-11-12-18-31-26-22-28-27(29-23-26)24-14-16-25(17-15-24)30-19-13-21-32(3,4)20-8-6-2/h14-17,22-23H,5-13,18-21H2,1-4H3. The van der Waals surface area contributed by atoms with Gasteiger partial charge < -0.3 is 9.47 Å². The Balaban J connectivity index is 1.70. The van der Waals surface area contributed by atoms with Gasteiger partial charge in [0, 0.05) is 13.6 Å². The van der Waals surface area contributed by atoms with Crippen LogP contribution in [0.5, 0.6) is 11.5 Å². The van der Waals surface area contributed by atoms with Crippen LogP contribution in [0.25, 0.3) is 11.4 Å². The van der Waals surface area contributed by atoms with Gasteiger partial charge in [0.05, 0.1) is 25.6 Å². The molecule has 0 saturated heterocycles. The fourth-order valence-electron chi connectivity index (χ4n) is 3.83. The second kappa shape index (κ2) is 15.0. The number of hydrogen-bond donors (Lipinski definition) is 0. The Labute approximate surface area is 197 Å². The largest absolute Gasteiger partial charge is 0.494 e. The molecule has 2 rings (SSSR count). The van der Waals surface area contributed by atoms with Crippen LogP contribution in [-0.2, 0) is 0 Å². The third-order valence-electron chi connectivity index (χ3n) is 5.98. The van der Waals surface area contributed by atoms with Gasteiger partial charge in [-0.1, -0.05) is 84.0 Å². The fourth-order valence-corrected chi connectivity index (χ4v) is 6.50. The average Bonchev–Trinajstić information content (AvgIpc) is 2.81. The second-order valence-corrected chi connectivity index (χ2v) is 14.9. The van der Waals surface area contributed by atoms with Crippen molar-refractivity contribution < 1.29 is 9.47 Å². The first-order chi connectivity index (χ1) is 15.5. The van der Waals surface area contributed by atoms with E-state index in [9.17, 15) is 0 Å². The first kappa shape index (κ1) is 26.4. The quantitative estimate of drug-likeness (QED) is 0.178. The number of hydrogen-bond acceptors (Lipinski definition) is 4. The van der Waals surface area contributed by atoms with Gasteiger partial charge in [-0.15, -0.1) is 0 Å². The SMILES string of the molecule is CCCCCCCCOc1cnc(-c2ccc(OCCC[Si](C)(C)CCCC)cc2)nc1. The van der Waals surface area contributed by atoms with Crippen LogP contribution in [0.4, 0.5) is 0 Å². The minimum Gasteiger partial charge on any atom is -0.494 e. The van der Waals surface area contributed by atoms with E-state index in [0.717, 1.165) is 43.1 Å². The summed E-state index contributed by atoms with van der Waals surface area (Å²) >= 11 is 0. The lowest BCUT2D eigenvalue weighted by atomic mass is 10.1. The van der Waals surface area contributed by atoms with Gasteiger partial charge in [-0.25, -0.2) is 9.97 Å². The molecule has 1 heterocycles. The molecule has 0 atom stereocenters. The van der Waals surface area contributed by atoms with Gasteiger partial charge in [0.15, 0.2) is 11.6 Å². The highest BCUT2D eigenvalue weighted by Crippen LogP contribution is 2.23. The van der Waals surface area contributed by atoms with E-state index in [4.69, 9.17) is 9.47 Å². The van der Waals surface area contributed by atoms with Crippen molar-refractivity contribution in [3.63, 3.8) is 0 Å². The molecule has 0 spiro atoms. The maximum Gasteiger partial charge on any atom is 0.159 e. The Hall–Kier alpha value is -1.88. The van der Waals surface area contributed by atoms with E-state index >= 15 is 0 Å². The summed E-state index contributed by atoms with van der Waals surface area (Å²) in [6, 6.07) is 10.9. The summed E-state index contributed by atoms with van der Waals surface area (Å²) in [4.78, 5) is 8.95. The highest BCUT2D eigenvalue weighted by Gasteiger charge is 2.18. The number of nitrogens with zero attached hydrogens (tertiary/aromatic N) is 2. The number of rotatable bonds is 17. The van der Waals surface area contributed by atoms with Gasteiger partial charge in [0.2, 0.25) is 0 Å². The minimum absolute atomic E-state index is 0.715. The van der Waals surface area contributed by atoms with E-state index in [1.54, 1.807) is 12.4 Å². The summed E-state index contributed by atoms with van der Waals surface area (Å²) < 4.78 is 11.7. The van der Waals surface area contributed by atoms with E-state index in [1.807, 2.05) is 24.3 Å². The third-order valence-corrected chi connectivity index (χ3v) is 9.40. The summed E-state index contributed by atoms with van der Waals surface area (Å²) in [6.45, 7) is 11.1. The topological polar surface area (TPSA) is 44.2 Å². The van der Waals surface area contributed by atoms with Crippen molar-refractivity contribution in [1.29, 1.82) is 0 Å². The summed E-state index contributed by atoms with van der Waals surface area (Å²) in [7, 11) is -1.05. The molecule has 0 aliphatic heterocycles. The van der Waals surface area contributed by atoms with Crippen molar-refractivity contribution in [3.05, 3.63) is 36.7 Å². The van der Waals surface area contributed by atoms with Gasteiger partial charge in [-0.05, 0) is 37.1 Å². The third kappa shape index (κ3) is 10.6. The zero-order valence-corrected chi connectivity index (χ0v) is 21.9. The van der Waals surface area contributed by atoms with Crippen LogP contribution in [0, 0.1) is 0 Å². The minimum atomic E-state index is -1.05. The zero-order valence-electron chi connectivity index (χ0n) is 20.9. The molecule has 4 nitrogen and oxygen atoms in total. The van der Waals surface area contributed by atoms with Crippen molar-refractivity contribution in [2.45, 2.75) is 96.8 Å². The Bertz CT molecular complexity index is 732. The van der Waals surface area contributed by atoms with Crippen LogP contribution in [0.3, 0.4) is 0 Å². The molecule has 0 saturated carbocycles. The number of unbranched alkanes of at least 4 members (excludes halogenated alkanes) is 6. The highest BCUT2D eigenvalue weighted by atomic mass is 28.3. The van der Waals surface area contributed by atoms with Gasteiger partial charge in [0.25, 0.3) is 0 Å².